The van der Waals surface area contributed by atoms with E-state index < -0.39 is 40.4 Å². The Hall–Kier alpha value is -4.08. The topological polar surface area (TPSA) is 139 Å². The van der Waals surface area contributed by atoms with Crippen molar-refractivity contribution in [1.82, 2.24) is 10.2 Å². The van der Waals surface area contributed by atoms with Crippen LogP contribution in [0.5, 0.6) is 0 Å². The van der Waals surface area contributed by atoms with Crippen molar-refractivity contribution in [2.75, 3.05) is 5.32 Å². The number of anilines is 1. The number of carbonyl (C=O) groups excluding carboxylic acids is 4. The summed E-state index contributed by atoms with van der Waals surface area (Å²) >= 11 is 0. The van der Waals surface area contributed by atoms with Gasteiger partial charge in [0.05, 0.1) is 16.5 Å². The third-order valence-electron chi connectivity index (χ3n) is 5.87. The molecule has 2 aliphatic rings. The van der Waals surface area contributed by atoms with Gasteiger partial charge in [-0.25, -0.2) is 0 Å². The van der Waals surface area contributed by atoms with Gasteiger partial charge in [0, 0.05) is 17.7 Å². The molecule has 0 radical (unpaired) electrons. The van der Waals surface area contributed by atoms with Crippen molar-refractivity contribution < 1.29 is 24.1 Å². The molecule has 0 bridgehead atoms. The summed E-state index contributed by atoms with van der Waals surface area (Å²) in [6, 6.07) is 9.21. The zero-order valence-corrected chi connectivity index (χ0v) is 18.0. The minimum Gasteiger partial charge on any atom is -0.348 e. The molecule has 1 aliphatic heterocycles. The summed E-state index contributed by atoms with van der Waals surface area (Å²) in [5.74, 6) is -2.10. The Bertz CT molecular complexity index is 1170. The third kappa shape index (κ3) is 4.19. The fourth-order valence-electron chi connectivity index (χ4n) is 3.77. The summed E-state index contributed by atoms with van der Waals surface area (Å²) in [7, 11) is 0. The van der Waals surface area contributed by atoms with Gasteiger partial charge in [0.25, 0.3) is 17.5 Å². The Morgan fingerprint density at radius 1 is 1.06 bits per heavy atom. The maximum Gasteiger partial charge on any atom is 0.282 e. The van der Waals surface area contributed by atoms with Crippen LogP contribution < -0.4 is 10.6 Å². The highest BCUT2D eigenvalue weighted by atomic mass is 16.6. The first-order valence-corrected chi connectivity index (χ1v) is 10.6. The van der Waals surface area contributed by atoms with Gasteiger partial charge in [-0.1, -0.05) is 18.2 Å². The Kier molecular flexibility index (Phi) is 5.67. The van der Waals surface area contributed by atoms with Gasteiger partial charge in [-0.15, -0.1) is 0 Å². The van der Waals surface area contributed by atoms with Crippen LogP contribution in [-0.4, -0.2) is 39.5 Å². The predicted octanol–water partition coefficient (Wildman–Crippen LogP) is 2.81. The molecule has 170 valence electrons. The Labute approximate surface area is 189 Å². The highest BCUT2D eigenvalue weighted by Crippen LogP contribution is 2.32. The van der Waals surface area contributed by atoms with Crippen molar-refractivity contribution >= 4 is 35.0 Å². The average Bonchev–Trinajstić information content (AvgIpc) is 3.61. The molecule has 4 amide bonds. The number of nitro groups is 1. The van der Waals surface area contributed by atoms with Gasteiger partial charge in [0.2, 0.25) is 11.8 Å². The number of rotatable bonds is 7. The number of fused-ring (bicyclic) bond motifs is 1. The van der Waals surface area contributed by atoms with Crippen LogP contribution in [0.15, 0.2) is 42.5 Å². The number of benzene rings is 2. The van der Waals surface area contributed by atoms with Gasteiger partial charge in [-0.05, 0) is 50.5 Å². The molecule has 2 aromatic carbocycles. The number of hydrogen-bond donors (Lipinski definition) is 2. The van der Waals surface area contributed by atoms with E-state index in [0.29, 0.717) is 5.69 Å². The van der Waals surface area contributed by atoms with Crippen molar-refractivity contribution in [3.8, 4) is 0 Å². The zero-order chi connectivity index (χ0) is 23.9. The number of nitro benzene ring substituents is 1. The summed E-state index contributed by atoms with van der Waals surface area (Å²) in [5.41, 5.74) is 0.561. The lowest BCUT2D eigenvalue weighted by Gasteiger charge is -2.24. The fraction of sp³-hybridized carbons (Fsp3) is 0.304. The molecule has 2 N–H and O–H groups in total. The first-order chi connectivity index (χ1) is 15.7. The van der Waals surface area contributed by atoms with E-state index in [1.54, 1.807) is 31.2 Å². The van der Waals surface area contributed by atoms with Crippen molar-refractivity contribution in [3.05, 3.63) is 69.3 Å². The van der Waals surface area contributed by atoms with Crippen molar-refractivity contribution in [1.29, 1.82) is 0 Å². The molecule has 1 fully saturated rings. The molecule has 33 heavy (non-hydrogen) atoms. The minimum absolute atomic E-state index is 0.000827. The van der Waals surface area contributed by atoms with E-state index in [4.69, 9.17) is 0 Å². The Morgan fingerprint density at radius 3 is 2.33 bits per heavy atom. The van der Waals surface area contributed by atoms with Gasteiger partial charge in [0.15, 0.2) is 0 Å². The standard InChI is InChI=1S/C23H22N4O6/c1-12(14-8-10-16(11-9-14)25-21(29)15-6-7-15)24-20(28)13(2)26-22(30)17-4-3-5-18(27(32)33)19(17)23(26)31/h3-5,8-13,15H,6-7H2,1-2H3,(H,24,28)(H,25,29). The molecule has 1 aliphatic carbocycles. The minimum atomic E-state index is -1.17. The van der Waals surface area contributed by atoms with E-state index in [0.717, 1.165) is 29.4 Å². The smallest absolute Gasteiger partial charge is 0.282 e. The Balaban J connectivity index is 1.43. The number of hydrogen-bond acceptors (Lipinski definition) is 6. The maximum atomic E-state index is 12.8. The van der Waals surface area contributed by atoms with Crippen LogP contribution in [0.25, 0.3) is 0 Å². The molecule has 1 heterocycles. The van der Waals surface area contributed by atoms with E-state index in [-0.39, 0.29) is 23.0 Å². The SMILES string of the molecule is CC(NC(=O)C(C)N1C(=O)c2cccc([N+](=O)[O-])c2C1=O)c1ccc(NC(=O)C2CC2)cc1. The number of carbonyl (C=O) groups is 4. The Morgan fingerprint density at radius 2 is 1.73 bits per heavy atom. The second-order valence-electron chi connectivity index (χ2n) is 8.23. The molecule has 10 nitrogen and oxygen atoms in total. The van der Waals surface area contributed by atoms with Gasteiger partial charge >= 0.3 is 0 Å². The molecule has 2 aromatic rings. The van der Waals surface area contributed by atoms with Crippen LogP contribution >= 0.6 is 0 Å². The molecule has 10 heteroatoms. The summed E-state index contributed by atoms with van der Waals surface area (Å²) in [6.45, 7) is 3.14. The number of nitrogens with one attached hydrogen (secondary N) is 2. The summed E-state index contributed by atoms with van der Waals surface area (Å²) < 4.78 is 0. The van der Waals surface area contributed by atoms with Crippen molar-refractivity contribution in [3.63, 3.8) is 0 Å². The quantitative estimate of drug-likeness (QED) is 0.378. The molecule has 2 atom stereocenters. The molecule has 0 aromatic heterocycles. The van der Waals surface area contributed by atoms with E-state index in [1.165, 1.54) is 19.1 Å². The van der Waals surface area contributed by atoms with Crippen molar-refractivity contribution in [2.24, 2.45) is 5.92 Å². The molecule has 2 unspecified atom stereocenters. The first kappa shape index (κ1) is 22.1. The summed E-state index contributed by atoms with van der Waals surface area (Å²) in [6.07, 6.45) is 1.82. The largest absolute Gasteiger partial charge is 0.348 e. The van der Waals surface area contributed by atoms with Crippen LogP contribution in [0.2, 0.25) is 0 Å². The zero-order valence-electron chi connectivity index (χ0n) is 18.0. The number of imide groups is 1. The van der Waals surface area contributed by atoms with E-state index in [9.17, 15) is 29.3 Å². The highest BCUT2D eigenvalue weighted by Gasteiger charge is 2.45. The number of nitrogens with zero attached hydrogens (tertiary/aromatic N) is 2. The van der Waals surface area contributed by atoms with E-state index in [2.05, 4.69) is 10.6 Å². The highest BCUT2D eigenvalue weighted by molar-refractivity contribution is 6.24. The summed E-state index contributed by atoms with van der Waals surface area (Å²) in [4.78, 5) is 61.5. The lowest BCUT2D eigenvalue weighted by molar-refractivity contribution is -0.385. The average molecular weight is 450 g/mol. The molecular weight excluding hydrogens is 428 g/mol. The van der Waals surface area contributed by atoms with Crippen LogP contribution in [0.4, 0.5) is 11.4 Å². The van der Waals surface area contributed by atoms with Crippen molar-refractivity contribution in [2.45, 2.75) is 38.8 Å². The van der Waals surface area contributed by atoms with Crippen LogP contribution in [0.3, 0.4) is 0 Å². The molecule has 4 rings (SSSR count). The normalized spacial score (nSPS) is 16.7. The summed E-state index contributed by atoms with van der Waals surface area (Å²) in [5, 5.41) is 16.9. The second-order valence-corrected chi connectivity index (χ2v) is 8.23. The molecule has 0 saturated heterocycles. The lowest BCUT2D eigenvalue weighted by atomic mass is 10.1. The third-order valence-corrected chi connectivity index (χ3v) is 5.87. The van der Waals surface area contributed by atoms with Crippen LogP contribution in [-0.2, 0) is 9.59 Å². The maximum absolute atomic E-state index is 12.8. The van der Waals surface area contributed by atoms with Crippen LogP contribution in [0, 0.1) is 16.0 Å². The first-order valence-electron chi connectivity index (χ1n) is 10.6. The fourth-order valence-corrected chi connectivity index (χ4v) is 3.77. The monoisotopic (exact) mass is 450 g/mol. The van der Waals surface area contributed by atoms with Gasteiger partial charge in [-0.3, -0.25) is 34.2 Å². The predicted molar refractivity (Wildman–Crippen MR) is 117 cm³/mol. The van der Waals surface area contributed by atoms with Gasteiger partial charge < -0.3 is 10.6 Å². The lowest BCUT2D eigenvalue weighted by Crippen LogP contribution is -2.48. The molecule has 1 saturated carbocycles. The van der Waals surface area contributed by atoms with E-state index >= 15 is 0 Å². The molecular formula is C23H22N4O6. The van der Waals surface area contributed by atoms with E-state index in [1.807, 2.05) is 0 Å². The molecule has 0 spiro atoms. The van der Waals surface area contributed by atoms with Gasteiger partial charge in [-0.2, -0.15) is 0 Å². The van der Waals surface area contributed by atoms with Crippen LogP contribution in [0.1, 0.15) is 59.0 Å². The van der Waals surface area contributed by atoms with Gasteiger partial charge in [0.1, 0.15) is 11.6 Å². The number of amides is 4. The second kappa shape index (κ2) is 8.45.